The largest absolute Gasteiger partial charge is 0.496 e. The molecule has 0 saturated heterocycles. The van der Waals surface area contributed by atoms with E-state index >= 15 is 0 Å². The Morgan fingerprint density at radius 1 is 1.24 bits per heavy atom. The number of methoxy groups -OCH3 is 1. The zero-order valence-electron chi connectivity index (χ0n) is 12.4. The Bertz CT molecular complexity index is 475. The maximum absolute atomic E-state index is 12.5. The summed E-state index contributed by atoms with van der Waals surface area (Å²) in [5.74, 6) is -0.194. The number of esters is 1. The highest BCUT2D eigenvalue weighted by Gasteiger charge is 2.19. The standard InChI is InChI=1S/C15H21NO5/c1-3-21-14(18)8-9-16(10-11-17)15(19)12-6-4-5-7-13(12)20-2/h4-7,17H,3,8-11H2,1-2H3. The summed E-state index contributed by atoms with van der Waals surface area (Å²) in [6.07, 6.45) is 0.0920. The topological polar surface area (TPSA) is 76.1 Å². The van der Waals surface area contributed by atoms with Gasteiger partial charge in [0.15, 0.2) is 0 Å². The SMILES string of the molecule is CCOC(=O)CCN(CCO)C(=O)c1ccccc1OC. The molecular formula is C15H21NO5. The van der Waals surface area contributed by atoms with Gasteiger partial charge in [0, 0.05) is 13.1 Å². The fourth-order valence-electron chi connectivity index (χ4n) is 1.89. The molecule has 0 aliphatic heterocycles. The van der Waals surface area contributed by atoms with Gasteiger partial charge in [-0.1, -0.05) is 12.1 Å². The van der Waals surface area contributed by atoms with Crippen molar-refractivity contribution >= 4 is 11.9 Å². The maximum Gasteiger partial charge on any atom is 0.307 e. The second kappa shape index (κ2) is 8.97. The molecule has 0 spiro atoms. The summed E-state index contributed by atoms with van der Waals surface area (Å²) < 4.78 is 9.99. The molecule has 21 heavy (non-hydrogen) atoms. The number of amides is 1. The first-order valence-corrected chi connectivity index (χ1v) is 6.82. The minimum Gasteiger partial charge on any atom is -0.496 e. The van der Waals surface area contributed by atoms with E-state index in [1.54, 1.807) is 31.2 Å². The van der Waals surface area contributed by atoms with Gasteiger partial charge < -0.3 is 19.5 Å². The summed E-state index contributed by atoms with van der Waals surface area (Å²) >= 11 is 0. The third-order valence-electron chi connectivity index (χ3n) is 2.89. The Kier molecular flexibility index (Phi) is 7.25. The van der Waals surface area contributed by atoms with E-state index in [4.69, 9.17) is 14.6 Å². The number of rotatable bonds is 8. The van der Waals surface area contributed by atoms with Crippen molar-refractivity contribution in [2.24, 2.45) is 0 Å². The number of hydrogen-bond donors (Lipinski definition) is 1. The van der Waals surface area contributed by atoms with Crippen LogP contribution in [0.5, 0.6) is 5.75 Å². The molecule has 0 heterocycles. The van der Waals surface area contributed by atoms with Gasteiger partial charge in [-0.3, -0.25) is 9.59 Å². The van der Waals surface area contributed by atoms with Crippen LogP contribution >= 0.6 is 0 Å². The monoisotopic (exact) mass is 295 g/mol. The molecule has 0 unspecified atom stereocenters. The van der Waals surface area contributed by atoms with Crippen molar-refractivity contribution in [3.63, 3.8) is 0 Å². The van der Waals surface area contributed by atoms with Crippen LogP contribution in [0.25, 0.3) is 0 Å². The summed E-state index contributed by atoms with van der Waals surface area (Å²) in [6, 6.07) is 6.84. The van der Waals surface area contributed by atoms with Crippen molar-refractivity contribution in [1.82, 2.24) is 4.90 Å². The predicted octanol–water partition coefficient (Wildman–Crippen LogP) is 1.08. The number of benzene rings is 1. The highest BCUT2D eigenvalue weighted by Crippen LogP contribution is 2.19. The number of hydrogen-bond acceptors (Lipinski definition) is 5. The van der Waals surface area contributed by atoms with Crippen LogP contribution < -0.4 is 4.74 Å². The van der Waals surface area contributed by atoms with E-state index in [0.29, 0.717) is 17.9 Å². The average molecular weight is 295 g/mol. The summed E-state index contributed by atoms with van der Waals surface area (Å²) in [6.45, 7) is 2.19. The fraction of sp³-hybridized carbons (Fsp3) is 0.467. The number of aliphatic hydroxyl groups excluding tert-OH is 1. The van der Waals surface area contributed by atoms with Crippen LogP contribution in [0.3, 0.4) is 0 Å². The third-order valence-corrected chi connectivity index (χ3v) is 2.89. The first-order chi connectivity index (χ1) is 10.1. The third kappa shape index (κ3) is 5.07. The van der Waals surface area contributed by atoms with Crippen LogP contribution in [0, 0.1) is 0 Å². The normalized spacial score (nSPS) is 10.0. The van der Waals surface area contributed by atoms with Gasteiger partial charge in [0.25, 0.3) is 5.91 Å². The molecule has 0 fully saturated rings. The molecule has 1 aromatic carbocycles. The zero-order chi connectivity index (χ0) is 15.7. The Labute approximate surface area is 124 Å². The number of nitrogens with zero attached hydrogens (tertiary/aromatic N) is 1. The molecule has 1 aromatic rings. The van der Waals surface area contributed by atoms with Gasteiger partial charge in [0.2, 0.25) is 0 Å². The second-order valence-electron chi connectivity index (χ2n) is 4.27. The molecule has 0 atom stereocenters. The van der Waals surface area contributed by atoms with Crippen LogP contribution in [0.15, 0.2) is 24.3 Å². The van der Waals surface area contributed by atoms with E-state index in [0.717, 1.165) is 0 Å². The lowest BCUT2D eigenvalue weighted by atomic mass is 10.1. The minimum absolute atomic E-state index is 0.0920. The minimum atomic E-state index is -0.367. The van der Waals surface area contributed by atoms with Gasteiger partial charge in [-0.15, -0.1) is 0 Å². The van der Waals surface area contributed by atoms with Gasteiger partial charge in [-0.2, -0.15) is 0 Å². The molecule has 0 radical (unpaired) electrons. The highest BCUT2D eigenvalue weighted by molar-refractivity contribution is 5.97. The first-order valence-electron chi connectivity index (χ1n) is 6.82. The first kappa shape index (κ1) is 17.0. The quantitative estimate of drug-likeness (QED) is 0.726. The van der Waals surface area contributed by atoms with Gasteiger partial charge in [-0.25, -0.2) is 0 Å². The molecule has 0 bridgehead atoms. The molecule has 6 nitrogen and oxygen atoms in total. The number of para-hydroxylation sites is 1. The number of aliphatic hydroxyl groups is 1. The van der Waals surface area contributed by atoms with E-state index in [1.165, 1.54) is 12.0 Å². The smallest absolute Gasteiger partial charge is 0.307 e. The highest BCUT2D eigenvalue weighted by atomic mass is 16.5. The Morgan fingerprint density at radius 2 is 1.95 bits per heavy atom. The van der Waals surface area contributed by atoms with E-state index in [2.05, 4.69) is 0 Å². The van der Waals surface area contributed by atoms with Crippen molar-refractivity contribution in [3.8, 4) is 5.75 Å². The van der Waals surface area contributed by atoms with Crippen molar-refractivity contribution in [1.29, 1.82) is 0 Å². The van der Waals surface area contributed by atoms with E-state index < -0.39 is 0 Å². The lowest BCUT2D eigenvalue weighted by Gasteiger charge is -2.22. The molecule has 0 aliphatic rings. The van der Waals surface area contributed by atoms with Crippen LogP contribution in [0.1, 0.15) is 23.7 Å². The van der Waals surface area contributed by atoms with Gasteiger partial charge >= 0.3 is 5.97 Å². The molecule has 0 saturated carbocycles. The van der Waals surface area contributed by atoms with Gasteiger partial charge in [0.1, 0.15) is 5.75 Å². The second-order valence-corrected chi connectivity index (χ2v) is 4.27. The van der Waals surface area contributed by atoms with E-state index in [9.17, 15) is 9.59 Å². The average Bonchev–Trinajstić information content (AvgIpc) is 2.51. The fourth-order valence-corrected chi connectivity index (χ4v) is 1.89. The summed E-state index contributed by atoms with van der Waals surface area (Å²) in [7, 11) is 1.49. The lowest BCUT2D eigenvalue weighted by molar-refractivity contribution is -0.143. The van der Waals surface area contributed by atoms with E-state index in [1.807, 2.05) is 0 Å². The number of carbonyl (C=O) groups excluding carboxylic acids is 2. The zero-order valence-corrected chi connectivity index (χ0v) is 12.4. The van der Waals surface area contributed by atoms with Crippen LogP contribution in [0.2, 0.25) is 0 Å². The summed E-state index contributed by atoms with van der Waals surface area (Å²) in [5.41, 5.74) is 0.400. The summed E-state index contributed by atoms with van der Waals surface area (Å²) in [5, 5.41) is 9.09. The molecular weight excluding hydrogens is 274 g/mol. The molecule has 116 valence electrons. The van der Waals surface area contributed by atoms with Crippen LogP contribution in [-0.2, 0) is 9.53 Å². The molecule has 6 heteroatoms. The Balaban J connectivity index is 2.79. The predicted molar refractivity (Wildman–Crippen MR) is 77.2 cm³/mol. The number of carbonyl (C=O) groups is 2. The van der Waals surface area contributed by atoms with Crippen LogP contribution in [0.4, 0.5) is 0 Å². The molecule has 1 amide bonds. The lowest BCUT2D eigenvalue weighted by Crippen LogP contribution is -2.35. The van der Waals surface area contributed by atoms with Crippen molar-refractivity contribution in [2.45, 2.75) is 13.3 Å². The van der Waals surface area contributed by atoms with E-state index in [-0.39, 0.29) is 38.0 Å². The Morgan fingerprint density at radius 3 is 2.57 bits per heavy atom. The molecule has 0 aliphatic carbocycles. The van der Waals surface area contributed by atoms with Gasteiger partial charge in [0.05, 0.1) is 32.3 Å². The maximum atomic E-state index is 12.5. The molecule has 1 N–H and O–H groups in total. The molecule has 0 aromatic heterocycles. The van der Waals surface area contributed by atoms with Crippen LogP contribution in [-0.4, -0.2) is 55.3 Å². The van der Waals surface area contributed by atoms with Crippen molar-refractivity contribution in [3.05, 3.63) is 29.8 Å². The van der Waals surface area contributed by atoms with Crippen molar-refractivity contribution < 1.29 is 24.2 Å². The molecule has 1 rings (SSSR count). The summed E-state index contributed by atoms with van der Waals surface area (Å²) in [4.78, 5) is 25.3. The Hall–Kier alpha value is -2.08. The van der Waals surface area contributed by atoms with Crippen molar-refractivity contribution in [2.75, 3.05) is 33.4 Å². The van der Waals surface area contributed by atoms with Gasteiger partial charge in [-0.05, 0) is 19.1 Å². The number of ether oxygens (including phenoxy) is 2.